The number of carbonyl (C=O) groups is 1. The van der Waals surface area contributed by atoms with Crippen LogP contribution in [-0.2, 0) is 14.8 Å². The molecule has 35 heavy (non-hydrogen) atoms. The van der Waals surface area contributed by atoms with Gasteiger partial charge in [-0.25, -0.2) is 12.7 Å². The Hall–Kier alpha value is -3.61. The fraction of sp³-hybridized carbons (Fsp3) is 0.240. The van der Waals surface area contributed by atoms with Crippen molar-refractivity contribution in [1.82, 2.24) is 4.31 Å². The predicted molar refractivity (Wildman–Crippen MR) is 139 cm³/mol. The van der Waals surface area contributed by atoms with Gasteiger partial charge in [-0.1, -0.05) is 60.5 Å². The maximum atomic E-state index is 13.2. The second-order valence-electron chi connectivity index (χ2n) is 8.20. The van der Waals surface area contributed by atoms with Crippen molar-refractivity contribution in [1.29, 1.82) is 5.26 Å². The summed E-state index contributed by atoms with van der Waals surface area (Å²) in [5, 5.41) is 16.6. The third-order valence-electron chi connectivity index (χ3n) is 5.93. The summed E-state index contributed by atoms with van der Waals surface area (Å²) in [6.07, 6.45) is 6.62. The Balaban J connectivity index is 1.96. The molecule has 0 saturated heterocycles. The third kappa shape index (κ3) is 5.91. The molecule has 0 spiro atoms. The molecule has 0 radical (unpaired) electrons. The smallest absolute Gasteiger partial charge is 0.258 e. The maximum absolute atomic E-state index is 13.2. The number of amides is 1. The molecule has 2 aromatic carbocycles. The number of hydrogen-bond donors (Lipinski definition) is 2. The van der Waals surface area contributed by atoms with Gasteiger partial charge in [-0.15, -0.1) is 0 Å². The minimum Gasteiger partial charge on any atom is -0.372 e. The molecule has 1 aliphatic carbocycles. The number of sulfonamides is 1. The number of nitrogens with two attached hydrogens (primary N) is 1. The fourth-order valence-electron chi connectivity index (χ4n) is 3.79. The van der Waals surface area contributed by atoms with Gasteiger partial charge in [0, 0.05) is 13.0 Å². The molecule has 3 N–H and O–H groups in total. The van der Waals surface area contributed by atoms with Crippen molar-refractivity contribution in [3.05, 3.63) is 76.9 Å². The van der Waals surface area contributed by atoms with Crippen LogP contribution < -0.4 is 11.2 Å². The van der Waals surface area contributed by atoms with Crippen molar-refractivity contribution in [2.45, 2.75) is 19.4 Å². The summed E-state index contributed by atoms with van der Waals surface area (Å²) in [5.74, 6) is 4.70. The minimum absolute atomic E-state index is 0.147. The van der Waals surface area contributed by atoms with Crippen molar-refractivity contribution < 1.29 is 13.2 Å². The number of nitrogens with one attached hydrogen (secondary N) is 1. The first-order valence-corrected chi connectivity index (χ1v) is 13.0. The Morgan fingerprint density at radius 2 is 2.03 bits per heavy atom. The van der Waals surface area contributed by atoms with Crippen molar-refractivity contribution >= 4 is 38.9 Å². The number of nitrogens with zero attached hydrogens (tertiary/aromatic N) is 3. The largest absolute Gasteiger partial charge is 0.372 e. The van der Waals surface area contributed by atoms with E-state index in [9.17, 15) is 18.5 Å². The molecule has 1 unspecified atom stereocenters. The van der Waals surface area contributed by atoms with Gasteiger partial charge in [-0.3, -0.25) is 4.79 Å². The van der Waals surface area contributed by atoms with Gasteiger partial charge in [-0.05, 0) is 41.8 Å². The highest BCUT2D eigenvalue weighted by Crippen LogP contribution is 2.32. The van der Waals surface area contributed by atoms with Crippen LogP contribution in [0.2, 0.25) is 5.02 Å². The number of halogens is 1. The van der Waals surface area contributed by atoms with Gasteiger partial charge in [0.15, 0.2) is 0 Å². The monoisotopic (exact) mass is 511 g/mol. The summed E-state index contributed by atoms with van der Waals surface area (Å²) in [5.41, 5.74) is 3.96. The average Bonchev–Trinajstić information content (AvgIpc) is 2.84. The lowest BCUT2D eigenvalue weighted by atomic mass is 9.87. The van der Waals surface area contributed by atoms with E-state index in [1.54, 1.807) is 42.5 Å². The van der Waals surface area contributed by atoms with Crippen molar-refractivity contribution in [3.63, 3.8) is 0 Å². The van der Waals surface area contributed by atoms with E-state index in [0.29, 0.717) is 22.0 Å². The first kappa shape index (κ1) is 26.0. The SMILES string of the molecule is CC1C(C[C@H](Nc2ccc(-c3ccccc3C#N)cc2Cl)C(=O)N(C)S(C)(=O)=O)=CC=CC1=NN. The summed E-state index contributed by atoms with van der Waals surface area (Å²) in [4.78, 5) is 13.2. The Labute approximate surface area is 210 Å². The highest BCUT2D eigenvalue weighted by atomic mass is 35.5. The predicted octanol–water partition coefficient (Wildman–Crippen LogP) is 3.91. The normalized spacial score (nSPS) is 17.4. The number of allylic oxidation sites excluding steroid dienone is 3. The second-order valence-corrected chi connectivity index (χ2v) is 10.6. The molecule has 2 aromatic rings. The van der Waals surface area contributed by atoms with Crippen LogP contribution in [0.3, 0.4) is 0 Å². The van der Waals surface area contributed by atoms with Crippen LogP contribution in [0.25, 0.3) is 11.1 Å². The Kier molecular flexibility index (Phi) is 7.99. The molecule has 1 aliphatic rings. The molecule has 0 aliphatic heterocycles. The molecule has 8 nitrogen and oxygen atoms in total. The first-order valence-electron chi connectivity index (χ1n) is 10.7. The summed E-state index contributed by atoms with van der Waals surface area (Å²) in [6, 6.07) is 13.6. The van der Waals surface area contributed by atoms with E-state index in [1.807, 2.05) is 25.1 Å². The number of rotatable bonds is 7. The Morgan fingerprint density at radius 3 is 2.66 bits per heavy atom. The van der Waals surface area contributed by atoms with Crippen LogP contribution in [0, 0.1) is 17.2 Å². The second kappa shape index (κ2) is 10.8. The lowest BCUT2D eigenvalue weighted by Gasteiger charge is -2.28. The zero-order valence-corrected chi connectivity index (χ0v) is 21.1. The molecule has 0 aromatic heterocycles. The highest BCUT2D eigenvalue weighted by molar-refractivity contribution is 7.88. The highest BCUT2D eigenvalue weighted by Gasteiger charge is 2.30. The van der Waals surface area contributed by atoms with Crippen LogP contribution in [0.15, 0.2) is 71.4 Å². The van der Waals surface area contributed by atoms with E-state index >= 15 is 0 Å². The van der Waals surface area contributed by atoms with Crippen molar-refractivity contribution in [2.24, 2.45) is 16.9 Å². The number of likely N-dealkylation sites (N-methyl/N-ethyl adjacent to an activating group) is 1. The van der Waals surface area contributed by atoms with E-state index in [2.05, 4.69) is 16.5 Å². The number of benzene rings is 2. The number of carbonyl (C=O) groups excluding carboxylic acids is 1. The van der Waals surface area contributed by atoms with E-state index in [4.69, 9.17) is 17.4 Å². The van der Waals surface area contributed by atoms with E-state index in [0.717, 1.165) is 27.3 Å². The zero-order chi connectivity index (χ0) is 25.8. The Morgan fingerprint density at radius 1 is 1.31 bits per heavy atom. The van der Waals surface area contributed by atoms with Crippen LogP contribution in [0.1, 0.15) is 18.9 Å². The third-order valence-corrected chi connectivity index (χ3v) is 7.42. The van der Waals surface area contributed by atoms with E-state index < -0.39 is 22.0 Å². The summed E-state index contributed by atoms with van der Waals surface area (Å²) in [6.45, 7) is 1.91. The van der Waals surface area contributed by atoms with Crippen LogP contribution in [0.4, 0.5) is 5.69 Å². The van der Waals surface area contributed by atoms with Gasteiger partial charge in [0.25, 0.3) is 5.91 Å². The minimum atomic E-state index is -3.77. The van der Waals surface area contributed by atoms with E-state index in [1.165, 1.54) is 7.05 Å². The zero-order valence-electron chi connectivity index (χ0n) is 19.6. The topological polar surface area (TPSA) is 129 Å². The first-order chi connectivity index (χ1) is 16.6. The number of hydrogen-bond acceptors (Lipinski definition) is 7. The van der Waals surface area contributed by atoms with E-state index in [-0.39, 0.29) is 12.3 Å². The molecule has 0 heterocycles. The molecule has 182 valence electrons. The van der Waals surface area contributed by atoms with Gasteiger partial charge < -0.3 is 11.2 Å². The molecular formula is C25H26ClN5O3S. The lowest BCUT2D eigenvalue weighted by molar-refractivity contribution is -0.126. The van der Waals surface area contributed by atoms with Gasteiger partial charge in [0.2, 0.25) is 10.0 Å². The summed E-state index contributed by atoms with van der Waals surface area (Å²) < 4.78 is 24.9. The van der Waals surface area contributed by atoms with Gasteiger partial charge in [-0.2, -0.15) is 10.4 Å². The molecule has 0 saturated carbocycles. The summed E-state index contributed by atoms with van der Waals surface area (Å²) >= 11 is 6.56. The fourth-order valence-corrected chi connectivity index (χ4v) is 4.48. The standard InChI is InChI=1S/C25H26ClN5O3S/c1-16-17(8-6-10-22(16)30-28)14-24(25(32)31(2)35(3,33)34)29-23-12-11-18(13-21(23)26)20-9-5-4-7-19(20)15-27/h4-13,16,24,29H,14,28H2,1-3H3/t16?,24-/m0/s1. The number of nitriles is 1. The molecule has 0 bridgehead atoms. The van der Waals surface area contributed by atoms with Gasteiger partial charge in [0.05, 0.1) is 34.3 Å². The van der Waals surface area contributed by atoms with Crippen LogP contribution in [-0.4, -0.2) is 43.7 Å². The molecule has 10 heteroatoms. The van der Waals surface area contributed by atoms with Crippen LogP contribution in [0.5, 0.6) is 0 Å². The lowest BCUT2D eigenvalue weighted by Crippen LogP contribution is -2.44. The molecule has 2 atom stereocenters. The summed E-state index contributed by atoms with van der Waals surface area (Å²) in [7, 11) is -2.54. The average molecular weight is 512 g/mol. The van der Waals surface area contributed by atoms with Crippen molar-refractivity contribution in [2.75, 3.05) is 18.6 Å². The Bertz CT molecular complexity index is 1380. The maximum Gasteiger partial charge on any atom is 0.258 e. The number of anilines is 1. The molecular weight excluding hydrogens is 486 g/mol. The molecule has 3 rings (SSSR count). The van der Waals surface area contributed by atoms with Gasteiger partial charge >= 0.3 is 0 Å². The number of hydrazone groups is 1. The van der Waals surface area contributed by atoms with Crippen molar-refractivity contribution in [3.8, 4) is 17.2 Å². The van der Waals surface area contributed by atoms with Crippen LogP contribution >= 0.6 is 11.6 Å². The quantitative estimate of drug-likeness (QED) is 0.428. The molecule has 1 amide bonds. The molecule has 0 fully saturated rings. The van der Waals surface area contributed by atoms with Gasteiger partial charge in [0.1, 0.15) is 6.04 Å².